The average molecular weight is 554 g/mol. The van der Waals surface area contributed by atoms with E-state index in [0.717, 1.165) is 12.6 Å². The summed E-state index contributed by atoms with van der Waals surface area (Å²) in [4.78, 5) is 14.6. The summed E-state index contributed by atoms with van der Waals surface area (Å²) in [5.41, 5.74) is 0.279. The third-order valence-corrected chi connectivity index (χ3v) is 10.6. The number of likely N-dealkylation sites (N-methyl/N-ethyl adjacent to an activating group) is 1. The van der Waals surface area contributed by atoms with Crippen LogP contribution in [-0.4, -0.2) is 101 Å². The average Bonchev–Trinajstić information content (AvgIpc) is 2.92. The fourth-order valence-corrected chi connectivity index (χ4v) is 7.49. The predicted molar refractivity (Wildman–Crippen MR) is 138 cm³/mol. The van der Waals surface area contributed by atoms with Crippen LogP contribution >= 0.6 is 0 Å². The van der Waals surface area contributed by atoms with E-state index in [-0.39, 0.29) is 28.6 Å². The van der Waals surface area contributed by atoms with Gasteiger partial charge < -0.3 is 14.5 Å². The molecule has 2 aliphatic heterocycles. The molecule has 0 saturated carbocycles. The standard InChI is InChI=1S/C23H31N5O7S2/c1-3-24-9-13-26(14-10-24)37(33,34)21-7-8-23(35-2)22(18-21)25-11-15-27(16-12-25)36(31,32)20-6-4-5-19(17-20)28(29)30/h4-8,17-18H,3,9-16H2,1-2H3. The van der Waals surface area contributed by atoms with Crippen LogP contribution in [0.3, 0.4) is 0 Å². The molecule has 0 radical (unpaired) electrons. The summed E-state index contributed by atoms with van der Waals surface area (Å²) < 4.78 is 61.2. The monoisotopic (exact) mass is 553 g/mol. The molecule has 2 aromatic rings. The number of nitro benzene ring substituents is 1. The van der Waals surface area contributed by atoms with Crippen LogP contribution in [-0.2, 0) is 20.0 Å². The first kappa shape index (κ1) is 27.3. The number of anilines is 1. The zero-order valence-corrected chi connectivity index (χ0v) is 22.4. The van der Waals surface area contributed by atoms with Gasteiger partial charge in [-0.25, -0.2) is 16.8 Å². The first-order valence-electron chi connectivity index (χ1n) is 12.0. The van der Waals surface area contributed by atoms with Crippen molar-refractivity contribution in [3.8, 4) is 5.75 Å². The van der Waals surface area contributed by atoms with Crippen molar-refractivity contribution in [3.63, 3.8) is 0 Å². The number of nitrogens with zero attached hydrogens (tertiary/aromatic N) is 5. The number of sulfonamides is 2. The van der Waals surface area contributed by atoms with Gasteiger partial charge in [-0.1, -0.05) is 13.0 Å². The minimum absolute atomic E-state index is 0.129. The van der Waals surface area contributed by atoms with E-state index >= 15 is 0 Å². The molecule has 2 heterocycles. The van der Waals surface area contributed by atoms with Crippen LogP contribution in [0.5, 0.6) is 5.75 Å². The van der Waals surface area contributed by atoms with Gasteiger partial charge in [0.25, 0.3) is 5.69 Å². The number of methoxy groups -OCH3 is 1. The van der Waals surface area contributed by atoms with Gasteiger partial charge in [0.05, 0.1) is 27.5 Å². The van der Waals surface area contributed by atoms with Gasteiger partial charge in [0, 0.05) is 64.5 Å². The molecule has 14 heteroatoms. The minimum Gasteiger partial charge on any atom is -0.495 e. The summed E-state index contributed by atoms with van der Waals surface area (Å²) in [6.07, 6.45) is 0. The van der Waals surface area contributed by atoms with Gasteiger partial charge in [-0.3, -0.25) is 10.1 Å². The Labute approximate surface area is 217 Å². The Morgan fingerprint density at radius 3 is 1.95 bits per heavy atom. The highest BCUT2D eigenvalue weighted by molar-refractivity contribution is 7.89. The highest BCUT2D eigenvalue weighted by atomic mass is 32.2. The zero-order valence-electron chi connectivity index (χ0n) is 20.8. The summed E-state index contributed by atoms with van der Waals surface area (Å²) in [7, 11) is -6.13. The first-order valence-corrected chi connectivity index (χ1v) is 14.9. The van der Waals surface area contributed by atoms with Crippen LogP contribution in [0.15, 0.2) is 52.3 Å². The molecule has 0 N–H and O–H groups in total. The maximum atomic E-state index is 13.3. The van der Waals surface area contributed by atoms with E-state index in [1.807, 2.05) is 4.90 Å². The molecule has 4 rings (SSSR count). The molecule has 0 aromatic heterocycles. The Bertz CT molecular complexity index is 1350. The highest BCUT2D eigenvalue weighted by Crippen LogP contribution is 2.33. The van der Waals surface area contributed by atoms with E-state index in [9.17, 15) is 26.9 Å². The van der Waals surface area contributed by atoms with Crippen molar-refractivity contribution in [1.29, 1.82) is 0 Å². The molecule has 2 saturated heterocycles. The van der Waals surface area contributed by atoms with E-state index in [1.54, 1.807) is 12.1 Å². The van der Waals surface area contributed by atoms with Crippen LogP contribution in [0.4, 0.5) is 11.4 Å². The summed E-state index contributed by atoms with van der Waals surface area (Å²) in [6, 6.07) is 9.73. The summed E-state index contributed by atoms with van der Waals surface area (Å²) >= 11 is 0. The molecule has 0 amide bonds. The number of hydrogen-bond acceptors (Lipinski definition) is 9. The molecule has 2 aliphatic rings. The second-order valence-electron chi connectivity index (χ2n) is 8.82. The Morgan fingerprint density at radius 1 is 0.838 bits per heavy atom. The predicted octanol–water partition coefficient (Wildman–Crippen LogP) is 1.44. The molecule has 2 fully saturated rings. The smallest absolute Gasteiger partial charge is 0.270 e. The fourth-order valence-electron chi connectivity index (χ4n) is 4.59. The van der Waals surface area contributed by atoms with Gasteiger partial charge in [-0.2, -0.15) is 8.61 Å². The van der Waals surface area contributed by atoms with Crippen molar-refractivity contribution >= 4 is 31.4 Å². The fraction of sp³-hybridized carbons (Fsp3) is 0.478. The second kappa shape index (κ2) is 10.9. The lowest BCUT2D eigenvalue weighted by Gasteiger charge is -2.36. The Hall–Kier alpha value is -2.78. The molecule has 0 atom stereocenters. The van der Waals surface area contributed by atoms with Crippen molar-refractivity contribution in [2.24, 2.45) is 0 Å². The van der Waals surface area contributed by atoms with Crippen molar-refractivity contribution in [1.82, 2.24) is 13.5 Å². The lowest BCUT2D eigenvalue weighted by Crippen LogP contribution is -2.49. The van der Waals surface area contributed by atoms with Crippen LogP contribution in [0.25, 0.3) is 0 Å². The van der Waals surface area contributed by atoms with Gasteiger partial charge >= 0.3 is 0 Å². The number of hydrogen-bond donors (Lipinski definition) is 0. The number of nitro groups is 1. The molecule has 37 heavy (non-hydrogen) atoms. The van der Waals surface area contributed by atoms with Gasteiger partial charge in [-0.05, 0) is 30.8 Å². The highest BCUT2D eigenvalue weighted by Gasteiger charge is 2.32. The number of piperazine rings is 2. The lowest BCUT2D eigenvalue weighted by molar-refractivity contribution is -0.385. The minimum atomic E-state index is -3.93. The molecule has 0 aliphatic carbocycles. The van der Waals surface area contributed by atoms with Crippen molar-refractivity contribution in [2.75, 3.05) is 70.9 Å². The molecule has 0 spiro atoms. The second-order valence-corrected chi connectivity index (χ2v) is 12.7. The molecular formula is C23H31N5O7S2. The third kappa shape index (κ3) is 5.57. The van der Waals surface area contributed by atoms with Crippen LogP contribution in [0.1, 0.15) is 6.92 Å². The Balaban J connectivity index is 1.52. The topological polar surface area (TPSA) is 134 Å². The van der Waals surface area contributed by atoms with Gasteiger partial charge in [0.2, 0.25) is 20.0 Å². The quantitative estimate of drug-likeness (QED) is 0.352. The van der Waals surface area contributed by atoms with Crippen molar-refractivity contribution in [2.45, 2.75) is 16.7 Å². The maximum absolute atomic E-state index is 13.3. The molecule has 0 bridgehead atoms. The number of benzene rings is 2. The molecule has 2 aromatic carbocycles. The molecular weight excluding hydrogens is 522 g/mol. The molecule has 12 nitrogen and oxygen atoms in total. The summed E-state index contributed by atoms with van der Waals surface area (Å²) in [5, 5.41) is 11.1. The third-order valence-electron chi connectivity index (χ3n) is 6.81. The number of non-ortho nitro benzene ring substituents is 1. The zero-order chi connectivity index (χ0) is 26.8. The van der Waals surface area contributed by atoms with Gasteiger partial charge in [0.1, 0.15) is 5.75 Å². The van der Waals surface area contributed by atoms with E-state index in [0.29, 0.717) is 50.7 Å². The van der Waals surface area contributed by atoms with Crippen LogP contribution in [0, 0.1) is 10.1 Å². The van der Waals surface area contributed by atoms with Crippen LogP contribution in [0.2, 0.25) is 0 Å². The van der Waals surface area contributed by atoms with Gasteiger partial charge in [-0.15, -0.1) is 0 Å². The normalized spacial score (nSPS) is 18.6. The van der Waals surface area contributed by atoms with Crippen LogP contribution < -0.4 is 9.64 Å². The molecule has 202 valence electrons. The summed E-state index contributed by atoms with van der Waals surface area (Å²) in [6.45, 7) is 5.98. The first-order chi connectivity index (χ1) is 17.6. The van der Waals surface area contributed by atoms with E-state index in [4.69, 9.17) is 4.74 Å². The van der Waals surface area contributed by atoms with Crippen molar-refractivity contribution < 1.29 is 26.5 Å². The Morgan fingerprint density at radius 2 is 1.41 bits per heavy atom. The van der Waals surface area contributed by atoms with E-state index in [2.05, 4.69) is 11.8 Å². The SMILES string of the molecule is CCN1CCN(S(=O)(=O)c2ccc(OC)c(N3CCN(S(=O)(=O)c4cccc([N+](=O)[O-])c4)CC3)c2)CC1. The number of ether oxygens (including phenoxy) is 1. The van der Waals surface area contributed by atoms with Gasteiger partial charge in [0.15, 0.2) is 0 Å². The lowest BCUT2D eigenvalue weighted by atomic mass is 10.2. The van der Waals surface area contributed by atoms with Crippen molar-refractivity contribution in [3.05, 3.63) is 52.6 Å². The van der Waals surface area contributed by atoms with E-state index < -0.39 is 25.0 Å². The number of rotatable bonds is 8. The maximum Gasteiger partial charge on any atom is 0.270 e. The largest absolute Gasteiger partial charge is 0.495 e. The molecule has 0 unspecified atom stereocenters. The summed E-state index contributed by atoms with van der Waals surface area (Å²) in [5.74, 6) is 0.491. The Kier molecular flexibility index (Phi) is 8.04. The van der Waals surface area contributed by atoms with E-state index in [1.165, 1.54) is 40.0 Å².